The summed E-state index contributed by atoms with van der Waals surface area (Å²) in [4.78, 5) is 0. The van der Waals surface area contributed by atoms with Crippen molar-refractivity contribution in [1.29, 1.82) is 0 Å². The summed E-state index contributed by atoms with van der Waals surface area (Å²) in [5.74, 6) is -2.22. The van der Waals surface area contributed by atoms with Crippen LogP contribution in [0, 0.1) is 0 Å². The first kappa shape index (κ1) is 32.7. The number of rotatable bonds is 17. The molecule has 0 amide bonds. The van der Waals surface area contributed by atoms with Crippen LogP contribution in [0.15, 0.2) is 0 Å². The fourth-order valence-electron chi connectivity index (χ4n) is 4.55. The fraction of sp³-hybridized carbons (Fsp3) is 1.00. The molecule has 0 bridgehead atoms. The smallest absolute Gasteiger partial charge is 0.224 e. The van der Waals surface area contributed by atoms with E-state index in [1.165, 1.54) is 19.3 Å². The first-order valence-electron chi connectivity index (χ1n) is 13.2. The quantitative estimate of drug-likeness (QED) is 0.0869. The van der Waals surface area contributed by atoms with E-state index in [2.05, 4.69) is 6.92 Å². The minimum absolute atomic E-state index is 0.370. The van der Waals surface area contributed by atoms with Crippen LogP contribution in [0.25, 0.3) is 0 Å². The van der Waals surface area contributed by atoms with Gasteiger partial charge in [-0.1, -0.05) is 51.9 Å². The van der Waals surface area contributed by atoms with E-state index in [9.17, 15) is 46.0 Å². The van der Waals surface area contributed by atoms with Gasteiger partial charge in [-0.3, -0.25) is 0 Å². The van der Waals surface area contributed by atoms with Crippen molar-refractivity contribution in [1.82, 2.24) is 0 Å². The molecule has 13 nitrogen and oxygen atoms in total. The molecule has 9 N–H and O–H groups in total. The fourth-order valence-corrected chi connectivity index (χ4v) is 4.55. The summed E-state index contributed by atoms with van der Waals surface area (Å²) in [6.45, 7) is -0.276. The number of aliphatic hydroxyl groups is 9. The van der Waals surface area contributed by atoms with E-state index in [-0.39, 0.29) is 6.61 Å². The van der Waals surface area contributed by atoms with Gasteiger partial charge in [0, 0.05) is 0 Å². The molecule has 2 aliphatic rings. The number of aliphatic hydroxyl groups excluding tert-OH is 9. The lowest BCUT2D eigenvalue weighted by Crippen LogP contribution is -2.62. The third-order valence-electron chi connectivity index (χ3n) is 6.99. The Morgan fingerprint density at radius 1 is 0.757 bits per heavy atom. The molecule has 2 unspecified atom stereocenters. The van der Waals surface area contributed by atoms with E-state index in [1.807, 2.05) is 0 Å². The van der Waals surface area contributed by atoms with Crippen LogP contribution in [0.2, 0.25) is 0 Å². The molecule has 0 aromatic heterocycles. The Balaban J connectivity index is 1.94. The van der Waals surface area contributed by atoms with Crippen LogP contribution < -0.4 is 0 Å². The third kappa shape index (κ3) is 8.73. The molecule has 0 aliphatic carbocycles. The van der Waals surface area contributed by atoms with Crippen molar-refractivity contribution in [3.8, 4) is 0 Å². The van der Waals surface area contributed by atoms with E-state index in [1.54, 1.807) is 0 Å². The van der Waals surface area contributed by atoms with Crippen LogP contribution >= 0.6 is 0 Å². The molecule has 2 saturated heterocycles. The highest BCUT2D eigenvalue weighted by Crippen LogP contribution is 2.36. The van der Waals surface area contributed by atoms with E-state index >= 15 is 0 Å². The summed E-state index contributed by atoms with van der Waals surface area (Å²) < 4.78 is 21.9. The number of hydrogen-bond donors (Lipinski definition) is 9. The zero-order chi connectivity index (χ0) is 27.6. The van der Waals surface area contributed by atoms with Gasteiger partial charge in [0.2, 0.25) is 5.79 Å². The van der Waals surface area contributed by atoms with Gasteiger partial charge in [-0.05, 0) is 6.42 Å². The summed E-state index contributed by atoms with van der Waals surface area (Å²) in [6.07, 6.45) is -7.53. The Labute approximate surface area is 217 Å². The Hall–Kier alpha value is -0.520. The molecule has 2 aliphatic heterocycles. The van der Waals surface area contributed by atoms with Crippen molar-refractivity contribution in [3.05, 3.63) is 0 Å². The molecule has 2 rings (SSSR count). The van der Waals surface area contributed by atoms with Crippen molar-refractivity contribution in [2.24, 2.45) is 0 Å². The van der Waals surface area contributed by atoms with Crippen LogP contribution in [0.3, 0.4) is 0 Å². The molecular weight excluding hydrogens is 496 g/mol. The number of unbranched alkanes of at least 4 members (excludes halogenated alkanes) is 6. The SMILES string of the molecule is CCCCCCCCCC(O)C(O)COC[C@@]1(O[C@H]2O[C@H](CO)[C@@H](O)[C@H](O)[C@H]2O)O[C@H](CO)[C@@H](O)[C@@H]1O. The van der Waals surface area contributed by atoms with Gasteiger partial charge in [0.25, 0.3) is 0 Å². The van der Waals surface area contributed by atoms with Crippen LogP contribution in [0.4, 0.5) is 0 Å². The Morgan fingerprint density at radius 2 is 1.38 bits per heavy atom. The molecule has 2 heterocycles. The third-order valence-corrected chi connectivity index (χ3v) is 6.99. The second-order valence-corrected chi connectivity index (χ2v) is 9.96. The van der Waals surface area contributed by atoms with Gasteiger partial charge in [-0.25, -0.2) is 0 Å². The second kappa shape index (κ2) is 15.9. The van der Waals surface area contributed by atoms with Crippen LogP contribution in [-0.2, 0) is 18.9 Å². The standard InChI is InChI=1S/C24H46O13/c1-2-3-4-5-6-7-8-9-14(27)15(28)12-34-13-24(22(33)19(30)17(11-26)36-24)37-23-21(32)20(31)18(29)16(10-25)35-23/h14-23,25-33H,2-13H2,1H3/t14?,15?,16-,17-,18-,19-,20+,21-,22+,23-,24+/m1/s1. The van der Waals surface area contributed by atoms with E-state index in [0.717, 1.165) is 25.7 Å². The van der Waals surface area contributed by atoms with Gasteiger partial charge in [0.1, 0.15) is 55.4 Å². The molecule has 0 radical (unpaired) electrons. The predicted octanol–water partition coefficient (Wildman–Crippen LogP) is -2.51. The molecule has 13 heteroatoms. The maximum atomic E-state index is 10.7. The Bertz CT molecular complexity index is 625. The molecule has 37 heavy (non-hydrogen) atoms. The van der Waals surface area contributed by atoms with E-state index in [0.29, 0.717) is 6.42 Å². The van der Waals surface area contributed by atoms with E-state index in [4.69, 9.17) is 18.9 Å². The van der Waals surface area contributed by atoms with Gasteiger partial charge >= 0.3 is 0 Å². The highest BCUT2D eigenvalue weighted by Gasteiger charge is 2.58. The summed E-state index contributed by atoms with van der Waals surface area (Å²) in [5.41, 5.74) is 0. The highest BCUT2D eigenvalue weighted by atomic mass is 16.8. The first-order chi connectivity index (χ1) is 17.6. The van der Waals surface area contributed by atoms with Gasteiger partial charge in [-0.15, -0.1) is 0 Å². The van der Waals surface area contributed by atoms with Crippen LogP contribution in [0.5, 0.6) is 0 Å². The maximum Gasteiger partial charge on any atom is 0.224 e. The topological polar surface area (TPSA) is 219 Å². The molecule has 0 aromatic carbocycles. The van der Waals surface area contributed by atoms with Crippen molar-refractivity contribution in [2.75, 3.05) is 26.4 Å². The molecular formula is C24H46O13. The predicted molar refractivity (Wildman–Crippen MR) is 127 cm³/mol. The monoisotopic (exact) mass is 542 g/mol. The second-order valence-electron chi connectivity index (χ2n) is 9.96. The minimum Gasteiger partial charge on any atom is -0.394 e. The zero-order valence-electron chi connectivity index (χ0n) is 21.4. The lowest BCUT2D eigenvalue weighted by molar-refractivity contribution is -0.386. The number of ether oxygens (including phenoxy) is 4. The summed E-state index contributed by atoms with van der Waals surface area (Å²) >= 11 is 0. The molecule has 0 saturated carbocycles. The van der Waals surface area contributed by atoms with Gasteiger partial charge < -0.3 is 64.9 Å². The van der Waals surface area contributed by atoms with Crippen LogP contribution in [0.1, 0.15) is 58.3 Å². The van der Waals surface area contributed by atoms with Gasteiger partial charge in [-0.2, -0.15) is 0 Å². The lowest BCUT2D eigenvalue weighted by atomic mass is 9.99. The lowest BCUT2D eigenvalue weighted by Gasteiger charge is -2.43. The molecule has 0 aromatic rings. The van der Waals surface area contributed by atoms with Crippen molar-refractivity contribution >= 4 is 0 Å². The van der Waals surface area contributed by atoms with Crippen molar-refractivity contribution in [2.45, 2.75) is 125 Å². The molecule has 220 valence electrons. The van der Waals surface area contributed by atoms with Gasteiger partial charge in [0.15, 0.2) is 6.29 Å². The summed E-state index contributed by atoms with van der Waals surface area (Å²) in [5, 5.41) is 90.7. The maximum absolute atomic E-state index is 10.7. The zero-order valence-corrected chi connectivity index (χ0v) is 21.4. The normalized spacial score (nSPS) is 38.1. The average Bonchev–Trinajstić information content (AvgIpc) is 3.12. The molecule has 0 spiro atoms. The number of hydrogen-bond acceptors (Lipinski definition) is 13. The van der Waals surface area contributed by atoms with E-state index < -0.39 is 86.8 Å². The highest BCUT2D eigenvalue weighted by molar-refractivity contribution is 4.99. The first-order valence-corrected chi connectivity index (χ1v) is 13.2. The largest absolute Gasteiger partial charge is 0.394 e. The minimum atomic E-state index is -2.22. The summed E-state index contributed by atoms with van der Waals surface area (Å²) in [7, 11) is 0. The molecule has 11 atom stereocenters. The van der Waals surface area contributed by atoms with Gasteiger partial charge in [0.05, 0.1) is 25.9 Å². The Morgan fingerprint density at radius 3 is 1.97 bits per heavy atom. The average molecular weight is 543 g/mol. The van der Waals surface area contributed by atoms with Crippen LogP contribution in [-0.4, -0.2) is 139 Å². The molecule has 2 fully saturated rings. The summed E-state index contributed by atoms with van der Waals surface area (Å²) in [6, 6.07) is 0. The Kier molecular flexibility index (Phi) is 14.1. The van der Waals surface area contributed by atoms with Crippen molar-refractivity contribution in [3.63, 3.8) is 0 Å². The van der Waals surface area contributed by atoms with Crippen molar-refractivity contribution < 1.29 is 64.9 Å².